The monoisotopic (exact) mass is 289 g/mol. The van der Waals surface area contributed by atoms with Crippen LogP contribution in [-0.2, 0) is 13.0 Å². The Balaban J connectivity index is 2.03. The first-order valence-electron chi connectivity index (χ1n) is 6.97. The van der Waals surface area contributed by atoms with Crippen LogP contribution >= 0.6 is 0 Å². The maximum Gasteiger partial charge on any atom is 0.358 e. The molecule has 6 heteroatoms. The zero-order chi connectivity index (χ0) is 15.2. The van der Waals surface area contributed by atoms with E-state index < -0.39 is 5.97 Å². The fraction of sp³-hybridized carbons (Fsp3) is 0.400. The third kappa shape index (κ3) is 3.59. The summed E-state index contributed by atoms with van der Waals surface area (Å²) in [6.45, 7) is 4.87. The highest BCUT2D eigenvalue weighted by atomic mass is 16.5. The van der Waals surface area contributed by atoms with Crippen molar-refractivity contribution in [2.24, 2.45) is 0 Å². The SMILES string of the molecule is CCCc1c(C(=O)O)nnn1CCOc1ccccc1C. The topological polar surface area (TPSA) is 77.2 Å². The molecule has 1 heterocycles. The lowest BCUT2D eigenvalue weighted by Gasteiger charge is -2.10. The summed E-state index contributed by atoms with van der Waals surface area (Å²) < 4.78 is 7.32. The van der Waals surface area contributed by atoms with Crippen LogP contribution in [0.3, 0.4) is 0 Å². The third-order valence-electron chi connectivity index (χ3n) is 3.18. The molecular formula is C15H19N3O3. The normalized spacial score (nSPS) is 10.6. The number of carboxylic acids is 1. The molecular weight excluding hydrogens is 270 g/mol. The largest absolute Gasteiger partial charge is 0.491 e. The number of carbonyl (C=O) groups is 1. The molecule has 0 radical (unpaired) electrons. The van der Waals surface area contributed by atoms with E-state index >= 15 is 0 Å². The van der Waals surface area contributed by atoms with Crippen LogP contribution < -0.4 is 4.74 Å². The predicted molar refractivity (Wildman–Crippen MR) is 77.7 cm³/mol. The first kappa shape index (κ1) is 15.0. The Bertz CT molecular complexity index is 622. The smallest absolute Gasteiger partial charge is 0.358 e. The third-order valence-corrected chi connectivity index (χ3v) is 3.18. The fourth-order valence-electron chi connectivity index (χ4n) is 2.12. The highest BCUT2D eigenvalue weighted by Gasteiger charge is 2.17. The lowest BCUT2D eigenvalue weighted by atomic mass is 10.2. The van der Waals surface area contributed by atoms with Gasteiger partial charge in [0.25, 0.3) is 0 Å². The van der Waals surface area contributed by atoms with E-state index in [4.69, 9.17) is 9.84 Å². The molecule has 0 saturated carbocycles. The van der Waals surface area contributed by atoms with E-state index in [0.717, 1.165) is 17.7 Å². The Labute approximate surface area is 123 Å². The van der Waals surface area contributed by atoms with Gasteiger partial charge < -0.3 is 9.84 Å². The number of aryl methyl sites for hydroxylation is 1. The Morgan fingerprint density at radius 3 is 2.81 bits per heavy atom. The van der Waals surface area contributed by atoms with Crippen LogP contribution in [0.4, 0.5) is 0 Å². The molecule has 0 fully saturated rings. The van der Waals surface area contributed by atoms with Crippen LogP contribution in [-0.4, -0.2) is 32.7 Å². The Morgan fingerprint density at radius 2 is 2.14 bits per heavy atom. The number of ether oxygens (including phenoxy) is 1. The van der Waals surface area contributed by atoms with E-state index in [0.29, 0.717) is 25.3 Å². The number of nitrogens with zero attached hydrogens (tertiary/aromatic N) is 3. The van der Waals surface area contributed by atoms with Crippen molar-refractivity contribution >= 4 is 5.97 Å². The van der Waals surface area contributed by atoms with Gasteiger partial charge >= 0.3 is 5.97 Å². The molecule has 0 aliphatic heterocycles. The molecule has 112 valence electrons. The van der Waals surface area contributed by atoms with Crippen LogP contribution in [0.2, 0.25) is 0 Å². The molecule has 0 aliphatic rings. The molecule has 0 spiro atoms. The molecule has 6 nitrogen and oxygen atoms in total. The number of carboxylic acid groups (broad SMARTS) is 1. The highest BCUT2D eigenvalue weighted by Crippen LogP contribution is 2.16. The van der Waals surface area contributed by atoms with Gasteiger partial charge in [0, 0.05) is 0 Å². The van der Waals surface area contributed by atoms with Crippen LogP contribution in [0.1, 0.15) is 35.1 Å². The second-order valence-corrected chi connectivity index (χ2v) is 4.78. The number of para-hydroxylation sites is 1. The Hall–Kier alpha value is -2.37. The van der Waals surface area contributed by atoms with Crippen molar-refractivity contribution in [3.8, 4) is 5.75 Å². The van der Waals surface area contributed by atoms with Crippen LogP contribution in [0.5, 0.6) is 5.75 Å². The summed E-state index contributed by atoms with van der Waals surface area (Å²) in [5.74, 6) is -0.211. The van der Waals surface area contributed by atoms with E-state index in [1.807, 2.05) is 38.1 Å². The highest BCUT2D eigenvalue weighted by molar-refractivity contribution is 5.86. The fourth-order valence-corrected chi connectivity index (χ4v) is 2.12. The minimum Gasteiger partial charge on any atom is -0.491 e. The molecule has 2 aromatic rings. The molecule has 1 N–H and O–H groups in total. The van der Waals surface area contributed by atoms with Crippen molar-refractivity contribution in [1.29, 1.82) is 0 Å². The van der Waals surface area contributed by atoms with Crippen molar-refractivity contribution in [2.75, 3.05) is 6.61 Å². The molecule has 1 aromatic carbocycles. The van der Waals surface area contributed by atoms with Gasteiger partial charge in [-0.25, -0.2) is 9.48 Å². The number of hydrogen-bond acceptors (Lipinski definition) is 4. The maximum atomic E-state index is 11.1. The number of aromatic nitrogens is 3. The van der Waals surface area contributed by atoms with Crippen LogP contribution in [0.25, 0.3) is 0 Å². The van der Waals surface area contributed by atoms with Crippen molar-refractivity contribution in [1.82, 2.24) is 15.0 Å². The number of benzene rings is 1. The molecule has 0 unspecified atom stereocenters. The summed E-state index contributed by atoms with van der Waals surface area (Å²) in [5, 5.41) is 16.7. The lowest BCUT2D eigenvalue weighted by molar-refractivity contribution is 0.0689. The molecule has 1 aromatic heterocycles. The minimum atomic E-state index is -1.04. The van der Waals surface area contributed by atoms with Crippen molar-refractivity contribution in [3.63, 3.8) is 0 Å². The molecule has 0 bridgehead atoms. The van der Waals surface area contributed by atoms with E-state index in [9.17, 15) is 4.79 Å². The average Bonchev–Trinajstić information content (AvgIpc) is 2.85. The predicted octanol–water partition coefficient (Wildman–Crippen LogP) is 2.32. The van der Waals surface area contributed by atoms with Gasteiger partial charge in [0.15, 0.2) is 5.69 Å². The standard InChI is InChI=1S/C15H19N3O3/c1-3-6-12-14(15(19)20)16-17-18(12)9-10-21-13-8-5-4-7-11(13)2/h4-5,7-8H,3,6,9-10H2,1-2H3,(H,19,20). The number of hydrogen-bond donors (Lipinski definition) is 1. The summed E-state index contributed by atoms with van der Waals surface area (Å²) in [6.07, 6.45) is 1.48. The zero-order valence-electron chi connectivity index (χ0n) is 12.2. The number of rotatable bonds is 7. The van der Waals surface area contributed by atoms with E-state index in [-0.39, 0.29) is 5.69 Å². The summed E-state index contributed by atoms with van der Waals surface area (Å²) in [6, 6.07) is 7.77. The van der Waals surface area contributed by atoms with E-state index in [1.54, 1.807) is 4.68 Å². The van der Waals surface area contributed by atoms with Gasteiger partial charge in [0.1, 0.15) is 12.4 Å². The van der Waals surface area contributed by atoms with Gasteiger partial charge in [0.2, 0.25) is 0 Å². The van der Waals surface area contributed by atoms with E-state index in [2.05, 4.69) is 10.3 Å². The van der Waals surface area contributed by atoms with Gasteiger partial charge in [-0.05, 0) is 25.0 Å². The maximum absolute atomic E-state index is 11.1. The van der Waals surface area contributed by atoms with Crippen LogP contribution in [0, 0.1) is 6.92 Å². The quantitative estimate of drug-likeness (QED) is 0.846. The Kier molecular flexibility index (Phi) is 4.92. The summed E-state index contributed by atoms with van der Waals surface area (Å²) >= 11 is 0. The van der Waals surface area contributed by atoms with Gasteiger partial charge in [-0.1, -0.05) is 36.8 Å². The molecule has 0 amide bonds. The first-order chi connectivity index (χ1) is 10.1. The molecule has 0 saturated heterocycles. The minimum absolute atomic E-state index is 0.0349. The Morgan fingerprint density at radius 1 is 1.38 bits per heavy atom. The summed E-state index contributed by atoms with van der Waals surface area (Å²) in [5.41, 5.74) is 1.75. The first-order valence-corrected chi connectivity index (χ1v) is 6.97. The molecule has 0 atom stereocenters. The second kappa shape index (κ2) is 6.88. The molecule has 0 aliphatic carbocycles. The lowest BCUT2D eigenvalue weighted by Crippen LogP contribution is -2.14. The number of aromatic carboxylic acids is 1. The van der Waals surface area contributed by atoms with Crippen molar-refractivity contribution in [2.45, 2.75) is 33.2 Å². The molecule has 2 rings (SSSR count). The second-order valence-electron chi connectivity index (χ2n) is 4.78. The zero-order valence-corrected chi connectivity index (χ0v) is 12.2. The van der Waals surface area contributed by atoms with Crippen molar-refractivity contribution in [3.05, 3.63) is 41.2 Å². The van der Waals surface area contributed by atoms with Crippen molar-refractivity contribution < 1.29 is 14.6 Å². The van der Waals surface area contributed by atoms with Gasteiger partial charge in [-0.2, -0.15) is 0 Å². The molecule has 21 heavy (non-hydrogen) atoms. The van der Waals surface area contributed by atoms with Gasteiger partial charge in [-0.15, -0.1) is 5.10 Å². The van der Waals surface area contributed by atoms with Crippen LogP contribution in [0.15, 0.2) is 24.3 Å². The summed E-state index contributed by atoms with van der Waals surface area (Å²) in [7, 11) is 0. The van der Waals surface area contributed by atoms with Gasteiger partial charge in [-0.3, -0.25) is 0 Å². The average molecular weight is 289 g/mol. The summed E-state index contributed by atoms with van der Waals surface area (Å²) in [4.78, 5) is 11.1. The van der Waals surface area contributed by atoms with Gasteiger partial charge in [0.05, 0.1) is 12.2 Å². The van der Waals surface area contributed by atoms with E-state index in [1.165, 1.54) is 0 Å².